The van der Waals surface area contributed by atoms with Crippen LogP contribution in [0.3, 0.4) is 0 Å². The molecule has 2 rings (SSSR count). The van der Waals surface area contributed by atoms with E-state index in [-0.39, 0.29) is 6.42 Å². The first kappa shape index (κ1) is 14.1. The van der Waals surface area contributed by atoms with Gasteiger partial charge in [-0.1, -0.05) is 33.8 Å². The summed E-state index contributed by atoms with van der Waals surface area (Å²) in [4.78, 5) is 12.0. The van der Waals surface area contributed by atoms with Crippen LogP contribution in [0.4, 0.5) is 4.39 Å². The molecule has 19 heavy (non-hydrogen) atoms. The molecule has 0 saturated carbocycles. The molecule has 2 aromatic rings. The molecular formula is C14H10BrFO2S. The summed E-state index contributed by atoms with van der Waals surface area (Å²) in [5.41, 5.74) is 0.463. The van der Waals surface area contributed by atoms with Crippen LogP contribution in [0, 0.1) is 5.82 Å². The summed E-state index contributed by atoms with van der Waals surface area (Å²) in [5, 5.41) is 8.66. The van der Waals surface area contributed by atoms with Gasteiger partial charge in [0.15, 0.2) is 0 Å². The average Bonchev–Trinajstić information content (AvgIpc) is 2.34. The van der Waals surface area contributed by atoms with Gasteiger partial charge < -0.3 is 5.11 Å². The first-order valence-electron chi connectivity index (χ1n) is 5.48. The minimum atomic E-state index is -0.965. The SMILES string of the molecule is O=C(O)Cc1ccc(Sc2ccc(Br)cc2)c(F)c1. The van der Waals surface area contributed by atoms with Crippen molar-refractivity contribution in [2.45, 2.75) is 16.2 Å². The van der Waals surface area contributed by atoms with Crippen molar-refractivity contribution in [1.29, 1.82) is 0 Å². The van der Waals surface area contributed by atoms with E-state index in [1.807, 2.05) is 24.3 Å². The van der Waals surface area contributed by atoms with E-state index in [4.69, 9.17) is 5.11 Å². The highest BCUT2D eigenvalue weighted by Gasteiger charge is 2.07. The highest BCUT2D eigenvalue weighted by atomic mass is 79.9. The van der Waals surface area contributed by atoms with E-state index in [1.165, 1.54) is 17.8 Å². The molecule has 2 aromatic carbocycles. The summed E-state index contributed by atoms with van der Waals surface area (Å²) in [6, 6.07) is 12.1. The summed E-state index contributed by atoms with van der Waals surface area (Å²) in [6.45, 7) is 0. The van der Waals surface area contributed by atoms with E-state index in [1.54, 1.807) is 12.1 Å². The molecule has 0 aromatic heterocycles. The molecule has 0 bridgehead atoms. The summed E-state index contributed by atoms with van der Waals surface area (Å²) < 4.78 is 14.8. The maximum Gasteiger partial charge on any atom is 0.307 e. The lowest BCUT2D eigenvalue weighted by molar-refractivity contribution is -0.136. The molecule has 0 radical (unpaired) electrons. The number of carbonyl (C=O) groups is 1. The Morgan fingerprint density at radius 3 is 2.47 bits per heavy atom. The largest absolute Gasteiger partial charge is 0.481 e. The van der Waals surface area contributed by atoms with E-state index >= 15 is 0 Å². The van der Waals surface area contributed by atoms with Crippen LogP contribution in [0.1, 0.15) is 5.56 Å². The molecule has 0 aliphatic carbocycles. The summed E-state index contributed by atoms with van der Waals surface area (Å²) >= 11 is 4.65. The third-order valence-corrected chi connectivity index (χ3v) is 3.98. The minimum Gasteiger partial charge on any atom is -0.481 e. The van der Waals surface area contributed by atoms with Gasteiger partial charge in [-0.05, 0) is 42.0 Å². The fraction of sp³-hybridized carbons (Fsp3) is 0.0714. The van der Waals surface area contributed by atoms with Gasteiger partial charge in [0.25, 0.3) is 0 Å². The molecule has 0 aliphatic rings. The Morgan fingerprint density at radius 1 is 1.21 bits per heavy atom. The molecule has 5 heteroatoms. The van der Waals surface area contributed by atoms with Crippen molar-refractivity contribution < 1.29 is 14.3 Å². The quantitative estimate of drug-likeness (QED) is 0.897. The van der Waals surface area contributed by atoms with Gasteiger partial charge in [-0.15, -0.1) is 0 Å². The van der Waals surface area contributed by atoms with Crippen LogP contribution in [0.5, 0.6) is 0 Å². The lowest BCUT2D eigenvalue weighted by Crippen LogP contribution is -2.00. The van der Waals surface area contributed by atoms with Gasteiger partial charge in [0.2, 0.25) is 0 Å². The predicted molar refractivity (Wildman–Crippen MR) is 76.0 cm³/mol. The molecule has 2 nitrogen and oxygen atoms in total. The average molecular weight is 341 g/mol. The van der Waals surface area contributed by atoms with E-state index in [9.17, 15) is 9.18 Å². The van der Waals surface area contributed by atoms with Crippen LogP contribution in [0.15, 0.2) is 56.7 Å². The third-order valence-electron chi connectivity index (χ3n) is 2.39. The zero-order chi connectivity index (χ0) is 13.8. The van der Waals surface area contributed by atoms with Crippen LogP contribution in [-0.2, 0) is 11.2 Å². The molecule has 0 aliphatic heterocycles. The molecule has 0 saturated heterocycles. The Labute approximate surface area is 122 Å². The highest BCUT2D eigenvalue weighted by Crippen LogP contribution is 2.31. The van der Waals surface area contributed by atoms with Crippen molar-refractivity contribution in [3.05, 3.63) is 58.3 Å². The monoisotopic (exact) mass is 340 g/mol. The second-order valence-corrected chi connectivity index (χ2v) is 5.92. The zero-order valence-corrected chi connectivity index (χ0v) is 12.2. The minimum absolute atomic E-state index is 0.167. The zero-order valence-electron chi connectivity index (χ0n) is 9.77. The van der Waals surface area contributed by atoms with Gasteiger partial charge in [-0.2, -0.15) is 0 Å². The third kappa shape index (κ3) is 4.08. The normalized spacial score (nSPS) is 10.4. The lowest BCUT2D eigenvalue weighted by atomic mass is 10.1. The van der Waals surface area contributed by atoms with E-state index in [0.717, 1.165) is 9.37 Å². The standard InChI is InChI=1S/C14H10BrFO2S/c15-10-2-4-11(5-3-10)19-13-6-1-9(7-12(13)16)8-14(17)18/h1-7H,8H2,(H,17,18). The molecule has 0 heterocycles. The van der Waals surface area contributed by atoms with Crippen molar-refractivity contribution in [3.63, 3.8) is 0 Å². The molecule has 1 N–H and O–H groups in total. The van der Waals surface area contributed by atoms with Gasteiger partial charge in [-0.25, -0.2) is 4.39 Å². The molecule has 0 fully saturated rings. The van der Waals surface area contributed by atoms with Crippen LogP contribution < -0.4 is 0 Å². The smallest absolute Gasteiger partial charge is 0.307 e. The number of hydrogen-bond acceptors (Lipinski definition) is 2. The molecular weight excluding hydrogens is 331 g/mol. The maximum absolute atomic E-state index is 13.8. The number of aliphatic carboxylic acids is 1. The highest BCUT2D eigenvalue weighted by molar-refractivity contribution is 9.10. The molecule has 0 spiro atoms. The number of hydrogen-bond donors (Lipinski definition) is 1. The van der Waals surface area contributed by atoms with Crippen LogP contribution in [-0.4, -0.2) is 11.1 Å². The van der Waals surface area contributed by atoms with Gasteiger partial charge in [0.1, 0.15) is 5.82 Å². The molecule has 0 atom stereocenters. The second kappa shape index (κ2) is 6.21. The van der Waals surface area contributed by atoms with Gasteiger partial charge in [0, 0.05) is 14.3 Å². The molecule has 0 amide bonds. The number of carboxylic acids is 1. The Bertz CT molecular complexity index is 599. The van der Waals surface area contributed by atoms with Gasteiger partial charge in [0.05, 0.1) is 6.42 Å². The molecule has 0 unspecified atom stereocenters. The number of halogens is 2. The number of rotatable bonds is 4. The van der Waals surface area contributed by atoms with Crippen molar-refractivity contribution in [2.75, 3.05) is 0 Å². The maximum atomic E-state index is 13.8. The fourth-order valence-electron chi connectivity index (χ4n) is 1.54. The van der Waals surface area contributed by atoms with Gasteiger partial charge >= 0.3 is 5.97 Å². The first-order chi connectivity index (χ1) is 9.04. The summed E-state index contributed by atoms with van der Waals surface area (Å²) in [6.07, 6.45) is -0.167. The van der Waals surface area contributed by atoms with Crippen molar-refractivity contribution in [2.24, 2.45) is 0 Å². The van der Waals surface area contributed by atoms with Crippen LogP contribution >= 0.6 is 27.7 Å². The Hall–Kier alpha value is -1.33. The Kier molecular flexibility index (Phi) is 4.61. The second-order valence-electron chi connectivity index (χ2n) is 3.89. The van der Waals surface area contributed by atoms with Gasteiger partial charge in [-0.3, -0.25) is 4.79 Å². The molecule has 98 valence electrons. The van der Waals surface area contributed by atoms with Crippen LogP contribution in [0.25, 0.3) is 0 Å². The Balaban J connectivity index is 2.17. The van der Waals surface area contributed by atoms with Crippen molar-refractivity contribution >= 4 is 33.7 Å². The van der Waals surface area contributed by atoms with E-state index in [0.29, 0.717) is 10.5 Å². The number of benzene rings is 2. The number of carboxylic acid groups (broad SMARTS) is 1. The predicted octanol–water partition coefficient (Wildman–Crippen LogP) is 4.37. The first-order valence-corrected chi connectivity index (χ1v) is 7.09. The lowest BCUT2D eigenvalue weighted by Gasteiger charge is -2.05. The van der Waals surface area contributed by atoms with Crippen molar-refractivity contribution in [3.8, 4) is 0 Å². The topological polar surface area (TPSA) is 37.3 Å². The summed E-state index contributed by atoms with van der Waals surface area (Å²) in [7, 11) is 0. The fourth-order valence-corrected chi connectivity index (χ4v) is 2.62. The van der Waals surface area contributed by atoms with Crippen LogP contribution in [0.2, 0.25) is 0 Å². The Morgan fingerprint density at radius 2 is 1.89 bits per heavy atom. The summed E-state index contributed by atoms with van der Waals surface area (Å²) in [5.74, 6) is -1.36. The van der Waals surface area contributed by atoms with Crippen molar-refractivity contribution in [1.82, 2.24) is 0 Å². The van der Waals surface area contributed by atoms with E-state index in [2.05, 4.69) is 15.9 Å². The van der Waals surface area contributed by atoms with E-state index < -0.39 is 11.8 Å².